The highest BCUT2D eigenvalue weighted by atomic mass is 14.9. The maximum absolute atomic E-state index is 4.35. The van der Waals surface area contributed by atoms with Crippen molar-refractivity contribution >= 4 is 11.9 Å². The van der Waals surface area contributed by atoms with Crippen molar-refractivity contribution in [3.63, 3.8) is 0 Å². The molecule has 0 unspecified atom stereocenters. The highest BCUT2D eigenvalue weighted by Gasteiger charge is 1.89. The third-order valence-corrected chi connectivity index (χ3v) is 1.97. The first-order chi connectivity index (χ1) is 6.84. The molecule has 0 N–H and O–H groups in total. The maximum atomic E-state index is 4.35. The molecular weight excluding hydrogens is 172 g/mol. The highest BCUT2D eigenvalue weighted by molar-refractivity contribution is 5.81. The van der Waals surface area contributed by atoms with Gasteiger partial charge in [-0.25, -0.2) is 0 Å². The second-order valence-corrected chi connectivity index (χ2v) is 3.20. The molecule has 2 rings (SSSR count). The van der Waals surface area contributed by atoms with Crippen LogP contribution in [0.3, 0.4) is 0 Å². The lowest BCUT2D eigenvalue weighted by Crippen LogP contribution is -1.79. The van der Waals surface area contributed by atoms with Crippen LogP contribution in [0, 0.1) is 0 Å². The Bertz CT molecular complexity index is 427. The third kappa shape index (κ3) is 2.10. The number of hydrogen-bond acceptors (Lipinski definition) is 1. The van der Waals surface area contributed by atoms with Gasteiger partial charge in [-0.1, -0.05) is 18.2 Å². The summed E-state index contributed by atoms with van der Waals surface area (Å²) in [4.78, 5) is 4.35. The van der Waals surface area contributed by atoms with E-state index in [0.717, 1.165) is 11.3 Å². The summed E-state index contributed by atoms with van der Waals surface area (Å²) in [6, 6.07) is 12.0. The molecule has 0 radical (unpaired) electrons. The fourth-order valence-corrected chi connectivity index (χ4v) is 1.26. The van der Waals surface area contributed by atoms with E-state index < -0.39 is 0 Å². The smallest absolute Gasteiger partial charge is 0.0629 e. The molecule has 0 amide bonds. The third-order valence-electron chi connectivity index (χ3n) is 1.97. The molecule has 1 heterocycles. The molecule has 2 nitrogen and oxygen atoms in total. The zero-order valence-electron chi connectivity index (χ0n) is 8.09. The maximum Gasteiger partial charge on any atom is 0.0629 e. The van der Waals surface area contributed by atoms with Crippen LogP contribution in [0.5, 0.6) is 0 Å². The number of aromatic nitrogens is 1. The zero-order chi connectivity index (χ0) is 9.80. The molecule has 0 aliphatic rings. The second-order valence-electron chi connectivity index (χ2n) is 3.20. The number of aryl methyl sites for hydroxylation is 1. The summed E-state index contributed by atoms with van der Waals surface area (Å²) in [5.74, 6) is 0. The van der Waals surface area contributed by atoms with Gasteiger partial charge in [0.15, 0.2) is 0 Å². The van der Waals surface area contributed by atoms with Crippen LogP contribution >= 0.6 is 0 Å². The highest BCUT2D eigenvalue weighted by Crippen LogP contribution is 2.09. The summed E-state index contributed by atoms with van der Waals surface area (Å²) in [6.45, 7) is 0. The molecule has 0 saturated carbocycles. The Kier molecular flexibility index (Phi) is 2.45. The number of nitrogens with zero attached hydrogens (tertiary/aromatic N) is 2. The van der Waals surface area contributed by atoms with Crippen LogP contribution in [0.1, 0.15) is 5.56 Å². The van der Waals surface area contributed by atoms with E-state index in [1.807, 2.05) is 66.6 Å². The van der Waals surface area contributed by atoms with Gasteiger partial charge in [0.25, 0.3) is 0 Å². The predicted molar refractivity (Wildman–Crippen MR) is 59.1 cm³/mol. The van der Waals surface area contributed by atoms with Gasteiger partial charge < -0.3 is 4.57 Å². The molecule has 0 saturated heterocycles. The standard InChI is InChI=1S/C12H12N2/c1-14-8-7-11(10-14)9-13-12-5-3-2-4-6-12/h2-10H,1H3. The monoisotopic (exact) mass is 184 g/mol. The van der Waals surface area contributed by atoms with E-state index in [2.05, 4.69) is 4.99 Å². The van der Waals surface area contributed by atoms with Crippen LogP contribution < -0.4 is 0 Å². The molecule has 2 aromatic rings. The van der Waals surface area contributed by atoms with Crippen molar-refractivity contribution in [3.05, 3.63) is 54.4 Å². The summed E-state index contributed by atoms with van der Waals surface area (Å²) in [5.41, 5.74) is 2.10. The van der Waals surface area contributed by atoms with E-state index in [0.29, 0.717) is 0 Å². The summed E-state index contributed by atoms with van der Waals surface area (Å²) in [5, 5.41) is 0. The number of benzene rings is 1. The van der Waals surface area contributed by atoms with E-state index in [1.165, 1.54) is 0 Å². The Morgan fingerprint density at radius 3 is 2.57 bits per heavy atom. The normalized spacial score (nSPS) is 10.9. The van der Waals surface area contributed by atoms with E-state index >= 15 is 0 Å². The molecule has 0 atom stereocenters. The van der Waals surface area contributed by atoms with Crippen LogP contribution in [-0.4, -0.2) is 10.8 Å². The summed E-state index contributed by atoms with van der Waals surface area (Å²) in [6.07, 6.45) is 5.91. The molecule has 0 bridgehead atoms. The first-order valence-corrected chi connectivity index (χ1v) is 4.56. The van der Waals surface area contributed by atoms with Gasteiger partial charge in [0.05, 0.1) is 5.69 Å². The summed E-state index contributed by atoms with van der Waals surface area (Å²) in [7, 11) is 2.00. The van der Waals surface area contributed by atoms with Crippen LogP contribution in [0.2, 0.25) is 0 Å². The first-order valence-electron chi connectivity index (χ1n) is 4.56. The fourth-order valence-electron chi connectivity index (χ4n) is 1.26. The Hall–Kier alpha value is -1.83. The molecule has 2 heteroatoms. The topological polar surface area (TPSA) is 17.3 Å². The van der Waals surface area contributed by atoms with Crippen LogP contribution in [-0.2, 0) is 7.05 Å². The summed E-state index contributed by atoms with van der Waals surface area (Å²) < 4.78 is 2.01. The minimum absolute atomic E-state index is 0.983. The van der Waals surface area contributed by atoms with Gasteiger partial charge in [-0.05, 0) is 18.2 Å². The van der Waals surface area contributed by atoms with Gasteiger partial charge in [0.2, 0.25) is 0 Å². The number of rotatable bonds is 2. The largest absolute Gasteiger partial charge is 0.357 e. The molecule has 0 fully saturated rings. The summed E-state index contributed by atoms with van der Waals surface area (Å²) >= 11 is 0. The lowest BCUT2D eigenvalue weighted by molar-refractivity contribution is 0.927. The minimum atomic E-state index is 0.983. The molecule has 0 aliphatic carbocycles. The lowest BCUT2D eigenvalue weighted by atomic mass is 10.3. The van der Waals surface area contributed by atoms with Crippen LogP contribution in [0.4, 0.5) is 5.69 Å². The average Bonchev–Trinajstić information content (AvgIpc) is 2.63. The molecule has 0 aliphatic heterocycles. The van der Waals surface area contributed by atoms with Crippen molar-refractivity contribution < 1.29 is 0 Å². The van der Waals surface area contributed by atoms with Gasteiger partial charge in [0, 0.05) is 31.2 Å². The molecule has 1 aromatic heterocycles. The van der Waals surface area contributed by atoms with Gasteiger partial charge in [-0.3, -0.25) is 4.99 Å². The van der Waals surface area contributed by atoms with Crippen LogP contribution in [0.15, 0.2) is 53.8 Å². The molecule has 70 valence electrons. The fraction of sp³-hybridized carbons (Fsp3) is 0.0833. The Balaban J connectivity index is 2.15. The zero-order valence-corrected chi connectivity index (χ0v) is 8.09. The van der Waals surface area contributed by atoms with Crippen molar-refractivity contribution in [1.82, 2.24) is 4.57 Å². The van der Waals surface area contributed by atoms with Crippen molar-refractivity contribution in [2.75, 3.05) is 0 Å². The quantitative estimate of drug-likeness (QED) is 0.638. The number of aliphatic imine (C=N–C) groups is 1. The molecular formula is C12H12N2. The molecule has 1 aromatic carbocycles. The van der Waals surface area contributed by atoms with E-state index in [9.17, 15) is 0 Å². The van der Waals surface area contributed by atoms with E-state index in [1.54, 1.807) is 0 Å². The average molecular weight is 184 g/mol. The number of hydrogen-bond donors (Lipinski definition) is 0. The van der Waals surface area contributed by atoms with Gasteiger partial charge in [-0.2, -0.15) is 0 Å². The number of para-hydroxylation sites is 1. The van der Waals surface area contributed by atoms with Gasteiger partial charge >= 0.3 is 0 Å². The van der Waals surface area contributed by atoms with E-state index in [-0.39, 0.29) is 0 Å². The van der Waals surface area contributed by atoms with Crippen molar-refractivity contribution in [3.8, 4) is 0 Å². The minimum Gasteiger partial charge on any atom is -0.357 e. The van der Waals surface area contributed by atoms with Crippen molar-refractivity contribution in [2.45, 2.75) is 0 Å². The first kappa shape index (κ1) is 8.75. The van der Waals surface area contributed by atoms with Gasteiger partial charge in [-0.15, -0.1) is 0 Å². The molecule has 0 spiro atoms. The van der Waals surface area contributed by atoms with Crippen molar-refractivity contribution in [2.24, 2.45) is 12.0 Å². The van der Waals surface area contributed by atoms with E-state index in [4.69, 9.17) is 0 Å². The lowest BCUT2D eigenvalue weighted by Gasteiger charge is -1.90. The Morgan fingerprint density at radius 2 is 1.93 bits per heavy atom. The predicted octanol–water partition coefficient (Wildman–Crippen LogP) is 2.78. The second kappa shape index (κ2) is 3.92. The molecule has 14 heavy (non-hydrogen) atoms. The Morgan fingerprint density at radius 1 is 1.14 bits per heavy atom. The van der Waals surface area contributed by atoms with Crippen LogP contribution in [0.25, 0.3) is 0 Å². The Labute approximate surface area is 83.5 Å². The van der Waals surface area contributed by atoms with Gasteiger partial charge in [0.1, 0.15) is 0 Å². The SMILES string of the molecule is Cn1ccc(C=Nc2ccccc2)c1. The van der Waals surface area contributed by atoms with Crippen molar-refractivity contribution in [1.29, 1.82) is 0 Å².